The van der Waals surface area contributed by atoms with Gasteiger partial charge < -0.3 is 15.3 Å². The first kappa shape index (κ1) is 26.2. The SMILES string of the molecule is Cc1ccc(C(C)(C(=O)O)c2csc(NC(=O)NC(C)c3ccc(N4CCB(C#N)CC4)cc3)n2)cc1. The number of aliphatic carboxylic acids is 1. The molecule has 37 heavy (non-hydrogen) atoms. The fraction of sp³-hybridized carbons (Fsp3) is 0.333. The smallest absolute Gasteiger partial charge is 0.321 e. The van der Waals surface area contributed by atoms with E-state index in [-0.39, 0.29) is 12.8 Å². The summed E-state index contributed by atoms with van der Waals surface area (Å²) in [6, 6.07) is 14.8. The third kappa shape index (κ3) is 5.78. The van der Waals surface area contributed by atoms with Gasteiger partial charge >= 0.3 is 12.0 Å². The van der Waals surface area contributed by atoms with Crippen molar-refractivity contribution in [3.63, 3.8) is 0 Å². The second-order valence-corrected chi connectivity index (χ2v) is 10.5. The highest BCUT2D eigenvalue weighted by molar-refractivity contribution is 7.14. The van der Waals surface area contributed by atoms with Gasteiger partial charge in [-0.05, 0) is 56.7 Å². The highest BCUT2D eigenvalue weighted by Gasteiger charge is 2.39. The van der Waals surface area contributed by atoms with Gasteiger partial charge in [0, 0.05) is 30.1 Å². The van der Waals surface area contributed by atoms with Crippen LogP contribution in [0.15, 0.2) is 53.9 Å². The normalized spacial score (nSPS) is 15.8. The lowest BCUT2D eigenvalue weighted by molar-refractivity contribution is -0.141. The maximum Gasteiger partial charge on any atom is 0.321 e. The number of nitrogens with one attached hydrogen (secondary N) is 2. The lowest BCUT2D eigenvalue weighted by Gasteiger charge is -2.30. The Hall–Kier alpha value is -3.84. The van der Waals surface area contributed by atoms with Crippen molar-refractivity contribution < 1.29 is 14.7 Å². The van der Waals surface area contributed by atoms with E-state index in [1.54, 1.807) is 24.4 Å². The molecule has 0 aliphatic carbocycles. The number of carbonyl (C=O) groups excluding carboxylic acids is 1. The van der Waals surface area contributed by atoms with Crippen LogP contribution < -0.4 is 15.5 Å². The van der Waals surface area contributed by atoms with Gasteiger partial charge in [0.2, 0.25) is 0 Å². The minimum atomic E-state index is -1.33. The van der Waals surface area contributed by atoms with E-state index in [1.165, 1.54) is 11.3 Å². The van der Waals surface area contributed by atoms with Gasteiger partial charge in [-0.25, -0.2) is 15.0 Å². The summed E-state index contributed by atoms with van der Waals surface area (Å²) in [4.78, 5) is 31.6. The molecule has 1 aromatic heterocycles. The van der Waals surface area contributed by atoms with Gasteiger partial charge in [-0.15, -0.1) is 11.3 Å². The molecule has 1 aliphatic heterocycles. The summed E-state index contributed by atoms with van der Waals surface area (Å²) in [5.74, 6) is 1.35. The lowest BCUT2D eigenvalue weighted by Crippen LogP contribution is -2.36. The highest BCUT2D eigenvalue weighted by Crippen LogP contribution is 2.34. The number of aryl methyl sites for hydroxylation is 1. The van der Waals surface area contributed by atoms with Crippen LogP contribution in [0.4, 0.5) is 15.6 Å². The molecule has 190 valence electrons. The Morgan fingerprint density at radius 3 is 2.41 bits per heavy atom. The molecule has 8 nitrogen and oxygen atoms in total. The Bertz CT molecular complexity index is 1300. The zero-order valence-electron chi connectivity index (χ0n) is 21.2. The molecule has 0 radical (unpaired) electrons. The molecule has 0 saturated carbocycles. The minimum Gasteiger partial charge on any atom is -0.480 e. The zero-order valence-corrected chi connectivity index (χ0v) is 22.0. The summed E-state index contributed by atoms with van der Waals surface area (Å²) in [5.41, 5.74) is 2.77. The molecule has 4 rings (SSSR count). The van der Waals surface area contributed by atoms with Crippen molar-refractivity contribution in [2.75, 3.05) is 23.3 Å². The van der Waals surface area contributed by atoms with Crippen LogP contribution in [0.2, 0.25) is 12.6 Å². The standard InChI is InChI=1S/C27H30BN5O3S/c1-18-4-8-21(9-5-18)27(3,24(34)35)23-16-37-26(31-23)32-25(36)30-19(2)20-6-10-22(11-7-20)33-14-12-28(17-29)13-15-33/h4-11,16,19H,12-15H2,1-3H3,(H,34,35)(H2,30,31,32,36). The number of hydrogen-bond acceptors (Lipinski definition) is 6. The van der Waals surface area contributed by atoms with Crippen molar-refractivity contribution in [3.05, 3.63) is 76.3 Å². The maximum absolute atomic E-state index is 12.7. The summed E-state index contributed by atoms with van der Waals surface area (Å²) in [5, 5.41) is 26.8. The van der Waals surface area contributed by atoms with Crippen LogP contribution in [0, 0.1) is 18.2 Å². The maximum atomic E-state index is 12.7. The molecule has 0 bridgehead atoms. The topological polar surface area (TPSA) is 118 Å². The average Bonchev–Trinajstić information content (AvgIpc) is 3.37. The van der Waals surface area contributed by atoms with Gasteiger partial charge in [0.25, 0.3) is 6.71 Å². The number of nitriles is 1. The number of carboxylic acids is 1. The Morgan fingerprint density at radius 2 is 1.81 bits per heavy atom. The van der Waals surface area contributed by atoms with E-state index in [0.717, 1.165) is 42.5 Å². The number of thiazole rings is 1. The van der Waals surface area contributed by atoms with Gasteiger partial charge in [-0.1, -0.05) is 42.0 Å². The second kappa shape index (κ2) is 11.1. The number of anilines is 2. The van der Waals surface area contributed by atoms with Crippen LogP contribution in [0.1, 0.15) is 42.3 Å². The number of urea groups is 1. The van der Waals surface area contributed by atoms with E-state index in [1.807, 2.05) is 50.2 Å². The summed E-state index contributed by atoms with van der Waals surface area (Å²) < 4.78 is 0. The number of aromatic nitrogens is 1. The van der Waals surface area contributed by atoms with Gasteiger partial charge in [0.15, 0.2) is 5.13 Å². The summed E-state index contributed by atoms with van der Waals surface area (Å²) in [6.45, 7) is 7.35. The molecule has 0 spiro atoms. The van der Waals surface area contributed by atoms with E-state index in [9.17, 15) is 14.7 Å². The van der Waals surface area contributed by atoms with Gasteiger partial charge in [-0.2, -0.15) is 0 Å². The number of hydrogen-bond donors (Lipinski definition) is 3. The Morgan fingerprint density at radius 1 is 1.16 bits per heavy atom. The van der Waals surface area contributed by atoms with Crippen LogP contribution in [0.5, 0.6) is 0 Å². The summed E-state index contributed by atoms with van der Waals surface area (Å²) in [7, 11) is 0. The Balaban J connectivity index is 1.37. The van der Waals surface area contributed by atoms with Crippen LogP contribution >= 0.6 is 11.3 Å². The largest absolute Gasteiger partial charge is 0.480 e. The number of amides is 2. The molecule has 2 unspecified atom stereocenters. The molecule has 3 N–H and O–H groups in total. The van der Waals surface area contributed by atoms with Crippen molar-refractivity contribution >= 4 is 40.9 Å². The van der Waals surface area contributed by atoms with Crippen LogP contribution in [-0.2, 0) is 10.2 Å². The second-order valence-electron chi connectivity index (χ2n) is 9.64. The molecule has 1 saturated heterocycles. The predicted octanol–water partition coefficient (Wildman–Crippen LogP) is 5.10. The Kier molecular flexibility index (Phi) is 7.84. The predicted molar refractivity (Wildman–Crippen MR) is 148 cm³/mol. The zero-order chi connectivity index (χ0) is 26.6. The van der Waals surface area contributed by atoms with Crippen molar-refractivity contribution in [2.24, 2.45) is 0 Å². The monoisotopic (exact) mass is 515 g/mol. The molecule has 2 amide bonds. The van der Waals surface area contributed by atoms with E-state index in [2.05, 4.69) is 26.5 Å². The van der Waals surface area contributed by atoms with Gasteiger partial charge in [-0.3, -0.25) is 10.1 Å². The summed E-state index contributed by atoms with van der Waals surface area (Å²) in [6.07, 6.45) is 1.76. The van der Waals surface area contributed by atoms with Crippen molar-refractivity contribution in [3.8, 4) is 5.97 Å². The van der Waals surface area contributed by atoms with Crippen LogP contribution in [0.25, 0.3) is 0 Å². The molecule has 3 aromatic rings. The first-order chi connectivity index (χ1) is 17.7. The Labute approximate surface area is 221 Å². The number of carboxylic acid groups (broad SMARTS) is 1. The highest BCUT2D eigenvalue weighted by atomic mass is 32.1. The lowest BCUT2D eigenvalue weighted by atomic mass is 9.45. The van der Waals surface area contributed by atoms with E-state index in [0.29, 0.717) is 16.4 Å². The van der Waals surface area contributed by atoms with E-state index in [4.69, 9.17) is 5.26 Å². The third-order valence-electron chi connectivity index (χ3n) is 7.08. The number of carbonyl (C=O) groups is 2. The molecule has 2 atom stereocenters. The molecule has 2 aromatic carbocycles. The fourth-order valence-electron chi connectivity index (χ4n) is 4.48. The van der Waals surface area contributed by atoms with E-state index >= 15 is 0 Å². The van der Waals surface area contributed by atoms with Crippen LogP contribution in [-0.4, -0.2) is 41.9 Å². The third-order valence-corrected chi connectivity index (χ3v) is 7.83. The average molecular weight is 515 g/mol. The number of nitrogens with zero attached hydrogens (tertiary/aromatic N) is 3. The number of rotatable bonds is 7. The first-order valence-electron chi connectivity index (χ1n) is 12.3. The van der Waals surface area contributed by atoms with Crippen molar-refractivity contribution in [1.29, 1.82) is 5.26 Å². The minimum absolute atomic E-state index is 0.146. The molecule has 1 aliphatic rings. The number of benzene rings is 2. The molecule has 2 heterocycles. The summed E-state index contributed by atoms with van der Waals surface area (Å²) >= 11 is 1.19. The molecule has 1 fully saturated rings. The molecular formula is C27H30BN5O3S. The quantitative estimate of drug-likeness (QED) is 0.377. The molecule has 10 heteroatoms. The first-order valence-corrected chi connectivity index (χ1v) is 13.2. The van der Waals surface area contributed by atoms with Gasteiger partial charge in [0.05, 0.1) is 11.7 Å². The van der Waals surface area contributed by atoms with Crippen LogP contribution in [0.3, 0.4) is 0 Å². The van der Waals surface area contributed by atoms with Crippen molar-refractivity contribution in [1.82, 2.24) is 10.3 Å². The van der Waals surface area contributed by atoms with E-state index < -0.39 is 17.4 Å². The van der Waals surface area contributed by atoms with Gasteiger partial charge in [0.1, 0.15) is 5.41 Å². The van der Waals surface area contributed by atoms with Crippen molar-refractivity contribution in [2.45, 2.75) is 44.9 Å². The molecular weight excluding hydrogens is 485 g/mol. The fourth-order valence-corrected chi connectivity index (χ4v) is 5.30.